The number of hydrogen-bond donors (Lipinski definition) is 0. The maximum atomic E-state index is 11.5. The van der Waals surface area contributed by atoms with E-state index < -0.39 is 0 Å². The summed E-state index contributed by atoms with van der Waals surface area (Å²) < 4.78 is 0. The van der Waals surface area contributed by atoms with Gasteiger partial charge in [-0.1, -0.05) is 51.7 Å². The SMILES string of the molecule is C=CC(=O)N1CCCC1.C=CC(=O)N1CCCCCCCCCC1. The number of hydrogen-bond acceptors (Lipinski definition) is 2. The van der Waals surface area contributed by atoms with E-state index in [-0.39, 0.29) is 11.8 Å². The fourth-order valence-electron chi connectivity index (χ4n) is 3.19. The lowest BCUT2D eigenvalue weighted by Crippen LogP contribution is -2.31. The summed E-state index contributed by atoms with van der Waals surface area (Å²) in [4.78, 5) is 26.1. The third-order valence-corrected chi connectivity index (χ3v) is 4.68. The highest BCUT2D eigenvalue weighted by Crippen LogP contribution is 2.12. The van der Waals surface area contributed by atoms with Gasteiger partial charge in [-0.2, -0.15) is 0 Å². The van der Waals surface area contributed by atoms with Gasteiger partial charge in [0.25, 0.3) is 0 Å². The van der Waals surface area contributed by atoms with Gasteiger partial charge >= 0.3 is 0 Å². The average Bonchev–Trinajstić information content (AvgIpc) is 3.12. The Labute approximate surface area is 147 Å². The molecule has 2 aliphatic heterocycles. The van der Waals surface area contributed by atoms with Crippen LogP contribution in [0.3, 0.4) is 0 Å². The summed E-state index contributed by atoms with van der Waals surface area (Å²) in [6, 6.07) is 0. The molecule has 2 aliphatic rings. The molecule has 136 valence electrons. The van der Waals surface area contributed by atoms with Gasteiger partial charge in [-0.05, 0) is 37.8 Å². The minimum Gasteiger partial charge on any atom is -0.339 e. The molecule has 4 heteroatoms. The van der Waals surface area contributed by atoms with Crippen LogP contribution in [-0.2, 0) is 9.59 Å². The molecule has 2 heterocycles. The Hall–Kier alpha value is -1.58. The van der Waals surface area contributed by atoms with Gasteiger partial charge in [0.15, 0.2) is 0 Å². The molecule has 0 saturated carbocycles. The largest absolute Gasteiger partial charge is 0.339 e. The van der Waals surface area contributed by atoms with Gasteiger partial charge in [-0.15, -0.1) is 0 Å². The van der Waals surface area contributed by atoms with Gasteiger partial charge in [-0.3, -0.25) is 9.59 Å². The van der Waals surface area contributed by atoms with Gasteiger partial charge in [-0.25, -0.2) is 0 Å². The number of amides is 2. The Morgan fingerprint density at radius 2 is 0.792 bits per heavy atom. The Bertz CT molecular complexity index is 388. The molecule has 0 spiro atoms. The number of carbonyl (C=O) groups excluding carboxylic acids is 2. The molecule has 4 nitrogen and oxygen atoms in total. The lowest BCUT2D eigenvalue weighted by molar-refractivity contribution is -0.126. The van der Waals surface area contributed by atoms with Crippen molar-refractivity contribution in [3.8, 4) is 0 Å². The van der Waals surface area contributed by atoms with Crippen molar-refractivity contribution in [2.75, 3.05) is 26.2 Å². The maximum absolute atomic E-state index is 11.5. The van der Waals surface area contributed by atoms with Gasteiger partial charge < -0.3 is 9.80 Å². The van der Waals surface area contributed by atoms with Crippen LogP contribution in [0.1, 0.15) is 64.2 Å². The van der Waals surface area contributed by atoms with Crippen LogP contribution in [0.5, 0.6) is 0 Å². The van der Waals surface area contributed by atoms with Crippen LogP contribution in [0.2, 0.25) is 0 Å². The molecule has 2 rings (SSSR count). The van der Waals surface area contributed by atoms with Crippen molar-refractivity contribution in [2.24, 2.45) is 0 Å². The zero-order valence-corrected chi connectivity index (χ0v) is 15.2. The van der Waals surface area contributed by atoms with Crippen molar-refractivity contribution < 1.29 is 9.59 Å². The van der Waals surface area contributed by atoms with Crippen LogP contribution in [0.15, 0.2) is 25.3 Å². The highest BCUT2D eigenvalue weighted by atomic mass is 16.2. The Morgan fingerprint density at radius 1 is 0.542 bits per heavy atom. The molecule has 0 atom stereocenters. The molecule has 24 heavy (non-hydrogen) atoms. The van der Waals surface area contributed by atoms with E-state index in [1.807, 2.05) is 9.80 Å². The van der Waals surface area contributed by atoms with E-state index in [9.17, 15) is 9.59 Å². The Balaban J connectivity index is 0.000000272. The second-order valence-electron chi connectivity index (χ2n) is 6.59. The lowest BCUT2D eigenvalue weighted by Gasteiger charge is -2.20. The molecule has 0 aliphatic carbocycles. The summed E-state index contributed by atoms with van der Waals surface area (Å²) >= 11 is 0. The minimum absolute atomic E-state index is 0.0764. The van der Waals surface area contributed by atoms with Crippen molar-refractivity contribution in [3.05, 3.63) is 25.3 Å². The van der Waals surface area contributed by atoms with Gasteiger partial charge in [0, 0.05) is 26.2 Å². The number of likely N-dealkylation sites (tertiary alicyclic amines) is 1. The highest BCUT2D eigenvalue weighted by Gasteiger charge is 2.14. The van der Waals surface area contributed by atoms with Gasteiger partial charge in [0.1, 0.15) is 0 Å². The molecule has 0 unspecified atom stereocenters. The predicted molar refractivity (Wildman–Crippen MR) is 99.7 cm³/mol. The summed E-state index contributed by atoms with van der Waals surface area (Å²) in [5.41, 5.74) is 0. The molecule has 2 amide bonds. The van der Waals surface area contributed by atoms with Crippen molar-refractivity contribution >= 4 is 11.8 Å². The third kappa shape index (κ3) is 8.32. The molecule has 0 radical (unpaired) electrons. The molecule has 0 aromatic rings. The fraction of sp³-hybridized carbons (Fsp3) is 0.700. The van der Waals surface area contributed by atoms with Crippen LogP contribution in [0.25, 0.3) is 0 Å². The standard InChI is InChI=1S/C13H23NO.C7H11NO/c1-2-13(15)14-11-9-7-5-3-4-6-8-10-12-14;1-2-7(9)8-5-3-4-6-8/h2H,1,3-12H2;2H,1,3-6H2. The topological polar surface area (TPSA) is 40.6 Å². The minimum atomic E-state index is 0.0764. The second kappa shape index (κ2) is 12.8. The molecule has 0 bridgehead atoms. The van der Waals surface area contributed by atoms with E-state index in [0.29, 0.717) is 0 Å². The molecule has 0 aromatic heterocycles. The maximum Gasteiger partial charge on any atom is 0.245 e. The van der Waals surface area contributed by atoms with E-state index in [2.05, 4.69) is 13.2 Å². The first-order valence-corrected chi connectivity index (χ1v) is 9.51. The van der Waals surface area contributed by atoms with Crippen LogP contribution in [0.4, 0.5) is 0 Å². The molecule has 0 N–H and O–H groups in total. The Morgan fingerprint density at radius 3 is 1.08 bits per heavy atom. The number of carbonyl (C=O) groups is 2. The van der Waals surface area contributed by atoms with Crippen LogP contribution in [-0.4, -0.2) is 47.8 Å². The fourth-order valence-corrected chi connectivity index (χ4v) is 3.19. The lowest BCUT2D eigenvalue weighted by atomic mass is 10.1. The van der Waals surface area contributed by atoms with Crippen molar-refractivity contribution in [3.63, 3.8) is 0 Å². The van der Waals surface area contributed by atoms with Gasteiger partial charge in [0.2, 0.25) is 11.8 Å². The molecule has 2 saturated heterocycles. The van der Waals surface area contributed by atoms with Gasteiger partial charge in [0.05, 0.1) is 0 Å². The van der Waals surface area contributed by atoms with Crippen LogP contribution >= 0.6 is 0 Å². The highest BCUT2D eigenvalue weighted by molar-refractivity contribution is 5.87. The number of nitrogens with zero attached hydrogens (tertiary/aromatic N) is 2. The van der Waals surface area contributed by atoms with E-state index >= 15 is 0 Å². The van der Waals surface area contributed by atoms with E-state index in [4.69, 9.17) is 0 Å². The second-order valence-corrected chi connectivity index (χ2v) is 6.59. The summed E-state index contributed by atoms with van der Waals surface area (Å²) in [6.07, 6.45) is 15.4. The van der Waals surface area contributed by atoms with Crippen molar-refractivity contribution in [1.82, 2.24) is 9.80 Å². The third-order valence-electron chi connectivity index (χ3n) is 4.68. The summed E-state index contributed by atoms with van der Waals surface area (Å²) in [7, 11) is 0. The zero-order valence-electron chi connectivity index (χ0n) is 15.2. The monoisotopic (exact) mass is 334 g/mol. The first-order valence-electron chi connectivity index (χ1n) is 9.51. The first kappa shape index (κ1) is 20.5. The first-order chi connectivity index (χ1) is 11.7. The quantitative estimate of drug-likeness (QED) is 0.718. The normalized spacial score (nSPS) is 19.5. The zero-order chi connectivity index (χ0) is 17.6. The summed E-state index contributed by atoms with van der Waals surface area (Å²) in [6.45, 7) is 10.7. The average molecular weight is 335 g/mol. The van der Waals surface area contributed by atoms with Crippen molar-refractivity contribution in [1.29, 1.82) is 0 Å². The van der Waals surface area contributed by atoms with Crippen LogP contribution in [0, 0.1) is 0 Å². The predicted octanol–water partition coefficient (Wildman–Crippen LogP) is 3.93. The van der Waals surface area contributed by atoms with E-state index in [1.165, 1.54) is 50.7 Å². The number of rotatable bonds is 2. The summed E-state index contributed by atoms with van der Waals surface area (Å²) in [5.74, 6) is 0.182. The smallest absolute Gasteiger partial charge is 0.245 e. The van der Waals surface area contributed by atoms with Crippen molar-refractivity contribution in [2.45, 2.75) is 64.2 Å². The van der Waals surface area contributed by atoms with Crippen LogP contribution < -0.4 is 0 Å². The molecular formula is C20H34N2O2. The van der Waals surface area contributed by atoms with E-state index in [1.54, 1.807) is 0 Å². The van der Waals surface area contributed by atoms with E-state index in [0.717, 1.165) is 51.9 Å². The molecule has 2 fully saturated rings. The Kier molecular flexibility index (Phi) is 10.9. The molecule has 0 aromatic carbocycles. The molecular weight excluding hydrogens is 300 g/mol. The summed E-state index contributed by atoms with van der Waals surface area (Å²) in [5, 5.41) is 0.